The second-order valence-corrected chi connectivity index (χ2v) is 7.30. The third-order valence-corrected chi connectivity index (χ3v) is 5.24. The minimum absolute atomic E-state index is 0.0338. The monoisotopic (exact) mass is 334 g/mol. The molecule has 0 aromatic heterocycles. The highest BCUT2D eigenvalue weighted by Gasteiger charge is 2.47. The van der Waals surface area contributed by atoms with Crippen molar-refractivity contribution in [2.45, 2.75) is 44.0 Å². The zero-order valence-electron chi connectivity index (χ0n) is 13.7. The fourth-order valence-corrected chi connectivity index (χ4v) is 3.11. The molecule has 0 bridgehead atoms. The van der Waals surface area contributed by atoms with E-state index in [-0.39, 0.29) is 29.2 Å². The van der Waals surface area contributed by atoms with Gasteiger partial charge >= 0.3 is 5.97 Å². The predicted octanol–water partition coefficient (Wildman–Crippen LogP) is 3.00. The topological polar surface area (TPSA) is 60.4 Å². The van der Waals surface area contributed by atoms with E-state index in [1.807, 2.05) is 50.4 Å². The number of carbonyl (C=O) groups excluding carboxylic acids is 3. The molecule has 0 radical (unpaired) electrons. The third kappa shape index (κ3) is 4.22. The summed E-state index contributed by atoms with van der Waals surface area (Å²) >= 11 is 1.60. The van der Waals surface area contributed by atoms with Gasteiger partial charge in [-0.3, -0.25) is 14.4 Å². The van der Waals surface area contributed by atoms with Gasteiger partial charge in [-0.15, -0.1) is 0 Å². The molecule has 1 heterocycles. The molecule has 4 unspecified atom stereocenters. The number of ketones is 2. The van der Waals surface area contributed by atoms with Crippen molar-refractivity contribution >= 4 is 29.3 Å². The number of thioether (sulfide) groups is 1. The Kier molecular flexibility index (Phi) is 5.99. The molecular weight excluding hydrogens is 312 g/mol. The predicted molar refractivity (Wildman–Crippen MR) is 90.5 cm³/mol. The van der Waals surface area contributed by atoms with E-state index in [4.69, 9.17) is 4.74 Å². The lowest BCUT2D eigenvalue weighted by molar-refractivity contribution is -0.147. The van der Waals surface area contributed by atoms with E-state index in [9.17, 15) is 14.4 Å². The molecule has 1 aromatic rings. The summed E-state index contributed by atoms with van der Waals surface area (Å²) in [5.74, 6) is -2.66. The van der Waals surface area contributed by atoms with Gasteiger partial charge < -0.3 is 4.74 Å². The molecule has 0 aliphatic carbocycles. The van der Waals surface area contributed by atoms with Crippen LogP contribution in [-0.2, 0) is 19.1 Å². The smallest absolute Gasteiger partial charge is 0.325 e. The molecule has 23 heavy (non-hydrogen) atoms. The van der Waals surface area contributed by atoms with Gasteiger partial charge in [-0.05, 0) is 17.7 Å². The summed E-state index contributed by atoms with van der Waals surface area (Å²) in [5, 5.41) is 0.203. The maximum absolute atomic E-state index is 12.4. The van der Waals surface area contributed by atoms with Gasteiger partial charge in [0, 0.05) is 18.1 Å². The fraction of sp³-hybridized carbons (Fsp3) is 0.500. The van der Waals surface area contributed by atoms with Crippen molar-refractivity contribution in [3.8, 4) is 0 Å². The molecule has 5 heteroatoms. The van der Waals surface area contributed by atoms with Crippen LogP contribution in [0, 0.1) is 5.92 Å². The lowest BCUT2D eigenvalue weighted by Gasteiger charge is -2.13. The Balaban J connectivity index is 2.01. The standard InChI is InChI=1S/C18H22O4S/c1-11(13-7-5-4-6-8-13)9-14(19)16-17(20)15(22-18(16)21)10-12(2)23-3/h4-8,11-12,15-16H,9-10H2,1-3H3. The molecule has 0 amide bonds. The number of carbonyl (C=O) groups is 3. The van der Waals surface area contributed by atoms with Gasteiger partial charge in [0.2, 0.25) is 0 Å². The molecule has 0 saturated carbocycles. The van der Waals surface area contributed by atoms with E-state index >= 15 is 0 Å². The molecule has 1 fully saturated rings. The fourth-order valence-electron chi connectivity index (χ4n) is 2.74. The summed E-state index contributed by atoms with van der Waals surface area (Å²) in [6.07, 6.45) is 1.80. The second kappa shape index (κ2) is 7.77. The molecule has 4 nitrogen and oxygen atoms in total. The number of ether oxygens (including phenoxy) is 1. The van der Waals surface area contributed by atoms with Crippen LogP contribution in [0.4, 0.5) is 0 Å². The maximum Gasteiger partial charge on any atom is 0.325 e. The number of cyclic esters (lactones) is 1. The Labute approximate surface area is 141 Å². The average molecular weight is 334 g/mol. The zero-order valence-corrected chi connectivity index (χ0v) is 14.5. The third-order valence-electron chi connectivity index (χ3n) is 4.24. The number of rotatable bonds is 7. The van der Waals surface area contributed by atoms with Gasteiger partial charge in [0.05, 0.1) is 0 Å². The van der Waals surface area contributed by atoms with Gasteiger partial charge in [-0.1, -0.05) is 44.2 Å². The van der Waals surface area contributed by atoms with E-state index in [0.29, 0.717) is 6.42 Å². The quantitative estimate of drug-likeness (QED) is 0.567. The lowest BCUT2D eigenvalue weighted by Crippen LogP contribution is -2.29. The highest BCUT2D eigenvalue weighted by molar-refractivity contribution is 7.99. The van der Waals surface area contributed by atoms with Crippen LogP contribution in [0.1, 0.15) is 38.2 Å². The summed E-state index contributed by atoms with van der Waals surface area (Å²) in [5.41, 5.74) is 1.02. The normalized spacial score (nSPS) is 23.4. The summed E-state index contributed by atoms with van der Waals surface area (Å²) < 4.78 is 5.14. The summed E-state index contributed by atoms with van der Waals surface area (Å²) in [6, 6.07) is 9.61. The zero-order chi connectivity index (χ0) is 17.0. The number of esters is 1. The molecule has 124 valence electrons. The summed E-state index contributed by atoms with van der Waals surface area (Å²) in [7, 11) is 0. The molecule has 4 atom stereocenters. The van der Waals surface area contributed by atoms with E-state index < -0.39 is 18.0 Å². The van der Waals surface area contributed by atoms with Crippen LogP contribution in [-0.4, -0.2) is 35.1 Å². The molecule has 0 spiro atoms. The average Bonchev–Trinajstić information content (AvgIpc) is 2.81. The minimum atomic E-state index is -1.24. The van der Waals surface area contributed by atoms with E-state index in [1.165, 1.54) is 0 Å². The van der Waals surface area contributed by atoms with Gasteiger partial charge in [0.15, 0.2) is 23.6 Å². The van der Waals surface area contributed by atoms with Crippen LogP contribution in [0.5, 0.6) is 0 Å². The molecule has 1 aliphatic heterocycles. The summed E-state index contributed by atoms with van der Waals surface area (Å²) in [4.78, 5) is 36.7. The van der Waals surface area contributed by atoms with Crippen LogP contribution in [0.2, 0.25) is 0 Å². The van der Waals surface area contributed by atoms with Crippen LogP contribution >= 0.6 is 11.8 Å². The second-order valence-electron chi connectivity index (χ2n) is 6.03. The Hall–Kier alpha value is -1.62. The van der Waals surface area contributed by atoms with Crippen molar-refractivity contribution in [2.75, 3.05) is 6.26 Å². The van der Waals surface area contributed by atoms with Crippen molar-refractivity contribution in [3.63, 3.8) is 0 Å². The van der Waals surface area contributed by atoms with Crippen LogP contribution < -0.4 is 0 Å². The van der Waals surface area contributed by atoms with Crippen molar-refractivity contribution in [1.82, 2.24) is 0 Å². The first kappa shape index (κ1) is 17.7. The van der Waals surface area contributed by atoms with Crippen molar-refractivity contribution in [3.05, 3.63) is 35.9 Å². The van der Waals surface area contributed by atoms with E-state index in [2.05, 4.69) is 0 Å². The Morgan fingerprint density at radius 1 is 1.22 bits per heavy atom. The van der Waals surface area contributed by atoms with Crippen LogP contribution in [0.3, 0.4) is 0 Å². The molecule has 1 aliphatic rings. The van der Waals surface area contributed by atoms with Crippen molar-refractivity contribution in [2.24, 2.45) is 5.92 Å². The van der Waals surface area contributed by atoms with Gasteiger partial charge in [0.1, 0.15) is 0 Å². The molecular formula is C18H22O4S. The van der Waals surface area contributed by atoms with Gasteiger partial charge in [0.25, 0.3) is 0 Å². The molecule has 1 saturated heterocycles. The lowest BCUT2D eigenvalue weighted by atomic mass is 9.88. The first-order valence-corrected chi connectivity index (χ1v) is 9.07. The highest BCUT2D eigenvalue weighted by Crippen LogP contribution is 2.28. The minimum Gasteiger partial charge on any atom is -0.453 e. The van der Waals surface area contributed by atoms with Crippen LogP contribution in [0.25, 0.3) is 0 Å². The highest BCUT2D eigenvalue weighted by atomic mass is 32.2. The first-order chi connectivity index (χ1) is 10.9. The number of benzene rings is 1. The number of hydrogen-bond acceptors (Lipinski definition) is 5. The van der Waals surface area contributed by atoms with E-state index in [1.54, 1.807) is 11.8 Å². The Morgan fingerprint density at radius 3 is 2.48 bits per heavy atom. The SMILES string of the molecule is CSC(C)CC1OC(=O)C(C(=O)CC(C)c2ccccc2)C1=O. The Morgan fingerprint density at radius 2 is 1.87 bits per heavy atom. The van der Waals surface area contributed by atoms with Crippen molar-refractivity contribution < 1.29 is 19.1 Å². The Bertz CT molecular complexity index is 584. The molecule has 2 rings (SSSR count). The van der Waals surface area contributed by atoms with Gasteiger partial charge in [-0.25, -0.2) is 0 Å². The van der Waals surface area contributed by atoms with Crippen molar-refractivity contribution in [1.29, 1.82) is 0 Å². The number of Topliss-reactive ketones (excluding diaryl/α,β-unsaturated/α-hetero) is 2. The molecule has 0 N–H and O–H groups in total. The number of hydrogen-bond donors (Lipinski definition) is 0. The maximum atomic E-state index is 12.4. The molecule has 1 aromatic carbocycles. The van der Waals surface area contributed by atoms with Crippen LogP contribution in [0.15, 0.2) is 30.3 Å². The van der Waals surface area contributed by atoms with Gasteiger partial charge in [-0.2, -0.15) is 11.8 Å². The first-order valence-electron chi connectivity index (χ1n) is 7.78. The van der Waals surface area contributed by atoms with E-state index in [0.717, 1.165) is 5.56 Å². The summed E-state index contributed by atoms with van der Waals surface area (Å²) in [6.45, 7) is 3.89. The largest absolute Gasteiger partial charge is 0.453 e.